The number of nitrogens with zero attached hydrogens (tertiary/aromatic N) is 1. The summed E-state index contributed by atoms with van der Waals surface area (Å²) in [5.74, 6) is -0.460. The van der Waals surface area contributed by atoms with Gasteiger partial charge in [-0.15, -0.1) is 0 Å². The molecular weight excluding hydrogens is 443 g/mol. The second kappa shape index (κ2) is 9.68. The second-order valence-electron chi connectivity index (χ2n) is 8.44. The number of likely N-dealkylation sites (tertiary alicyclic amines) is 1. The first-order valence-corrected chi connectivity index (χ1v) is 11.0. The number of aryl methyl sites for hydroxylation is 1. The molecule has 1 aromatic heterocycles. The fourth-order valence-electron chi connectivity index (χ4n) is 4.28. The lowest BCUT2D eigenvalue weighted by atomic mass is 10.0. The summed E-state index contributed by atoms with van der Waals surface area (Å²) in [6, 6.07) is 4.02. The zero-order valence-electron chi connectivity index (χ0n) is 19.3. The predicted molar refractivity (Wildman–Crippen MR) is 124 cm³/mol. The number of aromatic nitrogens is 1. The van der Waals surface area contributed by atoms with Crippen LogP contribution in [0.3, 0.4) is 0 Å². The maximum Gasteiger partial charge on any atom is 0.412 e. The smallest absolute Gasteiger partial charge is 0.408 e. The van der Waals surface area contributed by atoms with Crippen molar-refractivity contribution in [3.8, 4) is 5.75 Å². The van der Waals surface area contributed by atoms with Crippen molar-refractivity contribution >= 4 is 35.2 Å². The van der Waals surface area contributed by atoms with Crippen LogP contribution >= 0.6 is 0 Å². The number of hydrogen-bond donors (Lipinski definition) is 3. The number of aromatic amines is 1. The van der Waals surface area contributed by atoms with Crippen LogP contribution in [0.25, 0.3) is 11.6 Å². The van der Waals surface area contributed by atoms with Crippen LogP contribution in [-0.4, -0.2) is 60.6 Å². The third-order valence-corrected chi connectivity index (χ3v) is 6.09. The predicted octanol–water partition coefficient (Wildman–Crippen LogP) is 2.99. The van der Waals surface area contributed by atoms with E-state index in [0.29, 0.717) is 65.5 Å². The van der Waals surface area contributed by atoms with E-state index in [4.69, 9.17) is 9.47 Å². The summed E-state index contributed by atoms with van der Waals surface area (Å²) in [7, 11) is 1.48. The summed E-state index contributed by atoms with van der Waals surface area (Å²) < 4.78 is 24.2. The zero-order chi connectivity index (χ0) is 24.4. The molecule has 34 heavy (non-hydrogen) atoms. The molecule has 2 aromatic rings. The number of hydrogen-bond acceptors (Lipinski definition) is 5. The molecule has 0 unspecified atom stereocenters. The molecule has 180 valence electrons. The van der Waals surface area contributed by atoms with E-state index in [-0.39, 0.29) is 24.5 Å². The molecule has 0 radical (unpaired) electrons. The van der Waals surface area contributed by atoms with E-state index >= 15 is 0 Å². The first-order valence-electron chi connectivity index (χ1n) is 11.0. The van der Waals surface area contributed by atoms with Gasteiger partial charge in [-0.2, -0.15) is 0 Å². The summed E-state index contributed by atoms with van der Waals surface area (Å²) >= 11 is 0. The molecule has 9 nitrogen and oxygen atoms in total. The lowest BCUT2D eigenvalue weighted by Crippen LogP contribution is -2.48. The highest BCUT2D eigenvalue weighted by Gasteiger charge is 2.27. The number of carbonyl (C=O) groups excluding carboxylic acids is 3. The van der Waals surface area contributed by atoms with Gasteiger partial charge in [0.1, 0.15) is 12.4 Å². The number of carbonyl (C=O) groups is 3. The van der Waals surface area contributed by atoms with Crippen molar-refractivity contribution in [3.63, 3.8) is 0 Å². The molecule has 0 aliphatic carbocycles. The highest BCUT2D eigenvalue weighted by molar-refractivity contribution is 6.34. The molecule has 10 heteroatoms. The van der Waals surface area contributed by atoms with Gasteiger partial charge in [-0.25, -0.2) is 9.18 Å². The van der Waals surface area contributed by atoms with Crippen molar-refractivity contribution in [2.45, 2.75) is 32.7 Å². The van der Waals surface area contributed by atoms with Gasteiger partial charge in [0.05, 0.1) is 11.3 Å². The van der Waals surface area contributed by atoms with Gasteiger partial charge in [-0.05, 0) is 51.0 Å². The standard InChI is InChI=1S/C24H27FN4O5/c1-13-20(11-18-17-10-15(25)4-5-19(17)28-23(18)31)26-14(2)22(13)34-24(32)27-16-6-8-29(9-7-16)21(30)12-33-3/h4-5,10-11,16,26H,6-9,12H2,1-3H3,(H,27,32)(H,28,31)/b18-11-. The molecule has 3 heterocycles. The molecule has 0 spiro atoms. The van der Waals surface area contributed by atoms with Crippen molar-refractivity contribution in [1.29, 1.82) is 0 Å². The van der Waals surface area contributed by atoms with Crippen LogP contribution < -0.4 is 15.4 Å². The first kappa shape index (κ1) is 23.5. The topological polar surface area (TPSA) is 113 Å². The number of methoxy groups -OCH3 is 1. The number of nitrogens with one attached hydrogen (secondary N) is 3. The van der Waals surface area contributed by atoms with Gasteiger partial charge in [0.15, 0.2) is 5.75 Å². The minimum absolute atomic E-state index is 0.0485. The van der Waals surface area contributed by atoms with Crippen LogP contribution in [0.4, 0.5) is 14.9 Å². The van der Waals surface area contributed by atoms with Crippen LogP contribution in [0.2, 0.25) is 0 Å². The Balaban J connectivity index is 1.42. The van der Waals surface area contributed by atoms with Crippen molar-refractivity contribution in [2.24, 2.45) is 0 Å². The van der Waals surface area contributed by atoms with Crippen LogP contribution in [0.1, 0.15) is 35.4 Å². The number of ether oxygens (including phenoxy) is 2. The molecule has 3 amide bonds. The normalized spacial score (nSPS) is 17.0. The number of amides is 3. The average molecular weight is 471 g/mol. The molecule has 2 aliphatic heterocycles. The first-order chi connectivity index (χ1) is 16.3. The van der Waals surface area contributed by atoms with Crippen molar-refractivity contribution < 1.29 is 28.2 Å². The lowest BCUT2D eigenvalue weighted by Gasteiger charge is -2.32. The van der Waals surface area contributed by atoms with E-state index in [1.807, 2.05) is 0 Å². The summed E-state index contributed by atoms with van der Waals surface area (Å²) in [6.45, 7) is 4.67. The molecule has 4 rings (SSSR count). The van der Waals surface area contributed by atoms with Crippen LogP contribution in [0.15, 0.2) is 18.2 Å². The fourth-order valence-corrected chi connectivity index (χ4v) is 4.28. The number of fused-ring (bicyclic) bond motifs is 1. The van der Waals surface area contributed by atoms with Crippen LogP contribution in [0.5, 0.6) is 5.75 Å². The Kier molecular flexibility index (Phi) is 6.69. The third kappa shape index (κ3) is 4.81. The quantitative estimate of drug-likeness (QED) is 0.582. The number of H-pyrrole nitrogens is 1. The van der Waals surface area contributed by atoms with E-state index in [1.54, 1.807) is 24.8 Å². The number of halogens is 1. The van der Waals surface area contributed by atoms with E-state index in [2.05, 4.69) is 15.6 Å². The van der Waals surface area contributed by atoms with Gasteiger partial charge in [0.2, 0.25) is 5.91 Å². The van der Waals surface area contributed by atoms with Gasteiger partial charge in [0, 0.05) is 48.7 Å². The summed E-state index contributed by atoms with van der Waals surface area (Å²) in [6.07, 6.45) is 2.29. The average Bonchev–Trinajstić information content (AvgIpc) is 3.24. The minimum Gasteiger partial charge on any atom is -0.408 e. The summed E-state index contributed by atoms with van der Waals surface area (Å²) in [5, 5.41) is 5.57. The summed E-state index contributed by atoms with van der Waals surface area (Å²) in [4.78, 5) is 41.7. The highest BCUT2D eigenvalue weighted by atomic mass is 19.1. The van der Waals surface area contributed by atoms with E-state index in [9.17, 15) is 18.8 Å². The number of anilines is 1. The molecule has 1 saturated heterocycles. The molecule has 2 aliphatic rings. The van der Waals surface area contributed by atoms with E-state index in [0.717, 1.165) is 0 Å². The van der Waals surface area contributed by atoms with E-state index in [1.165, 1.54) is 25.3 Å². The van der Waals surface area contributed by atoms with Gasteiger partial charge in [-0.3, -0.25) is 9.59 Å². The SMILES string of the molecule is COCC(=O)N1CCC(NC(=O)Oc2c(C)[nH]c(/C=C3\C(=O)Nc4ccc(F)cc43)c2C)CC1. The van der Waals surface area contributed by atoms with Gasteiger partial charge < -0.3 is 30.0 Å². The number of piperidine rings is 1. The third-order valence-electron chi connectivity index (χ3n) is 6.09. The largest absolute Gasteiger partial charge is 0.412 e. The van der Waals surface area contributed by atoms with Gasteiger partial charge in [0.25, 0.3) is 5.91 Å². The molecule has 3 N–H and O–H groups in total. The van der Waals surface area contributed by atoms with E-state index < -0.39 is 11.9 Å². The maximum atomic E-state index is 13.7. The maximum absolute atomic E-state index is 13.7. The van der Waals surface area contributed by atoms with Gasteiger partial charge >= 0.3 is 6.09 Å². The van der Waals surface area contributed by atoms with Crippen LogP contribution in [-0.2, 0) is 14.3 Å². The molecular formula is C24H27FN4O5. The lowest BCUT2D eigenvalue weighted by molar-refractivity contribution is -0.136. The Labute approximate surface area is 196 Å². The molecule has 1 fully saturated rings. The van der Waals surface area contributed by atoms with Crippen molar-refractivity contribution in [2.75, 3.05) is 32.1 Å². The van der Waals surface area contributed by atoms with Gasteiger partial charge in [-0.1, -0.05) is 0 Å². The number of rotatable bonds is 5. The Bertz CT molecular complexity index is 1160. The van der Waals surface area contributed by atoms with Crippen molar-refractivity contribution in [1.82, 2.24) is 15.2 Å². The molecule has 0 bridgehead atoms. The number of benzene rings is 1. The Morgan fingerprint density at radius 3 is 2.71 bits per heavy atom. The highest BCUT2D eigenvalue weighted by Crippen LogP contribution is 2.35. The monoisotopic (exact) mass is 470 g/mol. The zero-order valence-corrected chi connectivity index (χ0v) is 19.3. The summed E-state index contributed by atoms with van der Waals surface area (Å²) in [5.41, 5.74) is 3.21. The molecule has 0 saturated carbocycles. The molecule has 1 aromatic carbocycles. The minimum atomic E-state index is -0.586. The van der Waals surface area contributed by atoms with Crippen molar-refractivity contribution in [3.05, 3.63) is 46.5 Å². The second-order valence-corrected chi connectivity index (χ2v) is 8.44. The Morgan fingerprint density at radius 2 is 2.00 bits per heavy atom. The Hall–Kier alpha value is -3.66. The fraction of sp³-hybridized carbons (Fsp3) is 0.375. The molecule has 0 atom stereocenters. The Morgan fingerprint density at radius 1 is 1.26 bits per heavy atom. The van der Waals surface area contributed by atoms with Crippen LogP contribution in [0, 0.1) is 19.7 Å².